The van der Waals surface area contributed by atoms with Crippen LogP contribution in [0, 0.1) is 34.6 Å². The van der Waals surface area contributed by atoms with E-state index < -0.39 is 0 Å². The Labute approximate surface area is 790 Å². The predicted molar refractivity (Wildman–Crippen MR) is 579 cm³/mol. The molecule has 18 rings (SSSR count). The maximum absolute atomic E-state index is 2.36. The monoisotopic (exact) mass is 1740 g/mol. The van der Waals surface area contributed by atoms with Gasteiger partial charge in [-0.1, -0.05) is 402 Å². The normalized spacial score (nSPS) is 9.61. The van der Waals surface area contributed by atoms with Crippen molar-refractivity contribution < 1.29 is 22.8 Å². The van der Waals surface area contributed by atoms with Crippen LogP contribution < -0.4 is 22.8 Å². The van der Waals surface area contributed by atoms with Gasteiger partial charge in [-0.2, -0.15) is 9.13 Å². The van der Waals surface area contributed by atoms with E-state index in [1.165, 1.54) is 173 Å². The number of pyridine rings is 5. The molecule has 0 N–H and O–H groups in total. The molecule has 0 spiro atoms. The Kier molecular flexibility index (Phi) is 64.4. The number of fused-ring (bicyclic) bond motifs is 11. The summed E-state index contributed by atoms with van der Waals surface area (Å²) in [6, 6.07) is 102. The second-order valence-corrected chi connectivity index (χ2v) is 26.9. The Morgan fingerprint density at radius 2 is 0.450 bits per heavy atom. The van der Waals surface area contributed by atoms with E-state index in [0.29, 0.717) is 0 Å². The van der Waals surface area contributed by atoms with Crippen LogP contribution in [-0.2, 0) is 54.5 Å². The number of benzene rings is 10. The molecule has 0 radical (unpaired) electrons. The molecule has 3 aliphatic rings. The Morgan fingerprint density at radius 3 is 0.860 bits per heavy atom. The standard InChI is InChI=1S/3C20H18N.2C17H16N.15C2H6/c1-14-7-3-5-9-17(14)20-12-19-16(13-21(20)2)11-15-8-4-6-10-18(15)19;1-14-7-3-5-9-17(14)20-12-16-11-15-8-4-6-10-18(15)19(16)13-21(20)2;1-14-7-3-5-9-16(14)19-12-11-18-17-10-6-4-8-15(17)13-20(18)21(19)2;1-13-7-3-6-10-16(13)17-11-14-8-4-5-9-15(14)12-18(17)2;1-13-7-3-5-9-15(13)17-12-11-14-8-4-6-10-16(14)18(17)2;15*1-2/h2*3-10,12-13H,11H2,1-2H3;3-12H,13H2,1-2H3;2*3-12H,1-2H3;15*1-2H3/q5*+1;;;;;;;;;;;;;;;. The van der Waals surface area contributed by atoms with E-state index in [9.17, 15) is 0 Å². The molecule has 129 heavy (non-hydrogen) atoms. The molecule has 0 amide bonds. The number of aryl methyl sites for hydroxylation is 9. The van der Waals surface area contributed by atoms with Crippen LogP contribution in [0.5, 0.6) is 0 Å². The van der Waals surface area contributed by atoms with Crippen LogP contribution in [0.15, 0.2) is 304 Å². The molecule has 0 fully saturated rings. The molecule has 15 aromatic rings. The Balaban J connectivity index is 0. The SMILES string of the molecule is CC.CC.CC.CC.CC.CC.CC.CC.CC.CC.CC.CC.CC.CC.CC.Cc1ccccc1-c1cc2c(c[n+]1C)-c1ccccc1C2.Cc1ccccc1-c1cc2c(c[n+]1C)Cc1ccccc1-2.Cc1ccccc1-c1cc2ccccc2c[n+]1C.Cc1ccccc1-c1ccc2c([n+]1C)Cc1ccccc1-2.Cc1ccccc1-c1ccc2ccccc2[n+]1C. The molecule has 0 atom stereocenters. The fourth-order valence-electron chi connectivity index (χ4n) is 15.0. The van der Waals surface area contributed by atoms with Gasteiger partial charge < -0.3 is 0 Å². The van der Waals surface area contributed by atoms with Gasteiger partial charge >= 0.3 is 0 Å². The van der Waals surface area contributed by atoms with Crippen molar-refractivity contribution in [2.24, 2.45) is 35.2 Å². The molecule has 3 aliphatic carbocycles. The molecule has 10 aromatic carbocycles. The summed E-state index contributed by atoms with van der Waals surface area (Å²) < 4.78 is 11.3. The lowest BCUT2D eigenvalue weighted by Gasteiger charge is -2.07. The zero-order chi connectivity index (χ0) is 98.3. The molecule has 0 saturated carbocycles. The lowest BCUT2D eigenvalue weighted by atomic mass is 10.0. The first kappa shape index (κ1) is 120. The van der Waals surface area contributed by atoms with Crippen LogP contribution in [0.1, 0.15) is 269 Å². The van der Waals surface area contributed by atoms with Crippen molar-refractivity contribution in [3.63, 3.8) is 0 Å². The van der Waals surface area contributed by atoms with Crippen molar-refractivity contribution in [2.75, 3.05) is 0 Å². The number of hydrogen-bond donors (Lipinski definition) is 0. The molecular formula is C124H176N5+5. The van der Waals surface area contributed by atoms with Gasteiger partial charge in [0.25, 0.3) is 0 Å². The van der Waals surface area contributed by atoms with E-state index in [4.69, 9.17) is 0 Å². The third kappa shape index (κ3) is 32.6. The maximum Gasteiger partial charge on any atom is 0.213 e. The molecule has 692 valence electrons. The molecule has 0 saturated heterocycles. The highest BCUT2D eigenvalue weighted by Gasteiger charge is 2.30. The topological polar surface area (TPSA) is 19.4 Å². The van der Waals surface area contributed by atoms with Crippen molar-refractivity contribution in [2.45, 2.75) is 262 Å². The lowest BCUT2D eigenvalue weighted by molar-refractivity contribution is -0.666. The van der Waals surface area contributed by atoms with Crippen molar-refractivity contribution in [1.29, 1.82) is 0 Å². The highest BCUT2D eigenvalue weighted by molar-refractivity contribution is 5.85. The fourth-order valence-corrected chi connectivity index (χ4v) is 15.0. The Hall–Kier alpha value is -11.5. The summed E-state index contributed by atoms with van der Waals surface area (Å²) in [5.74, 6) is 0. The summed E-state index contributed by atoms with van der Waals surface area (Å²) in [4.78, 5) is 0. The molecular weight excluding hydrogens is 1560 g/mol. The Bertz CT molecular complexity index is 5460. The first-order chi connectivity index (χ1) is 63.3. The summed E-state index contributed by atoms with van der Waals surface area (Å²) in [5.41, 5.74) is 37.7. The number of nitrogens with zero attached hydrogens (tertiary/aromatic N) is 5. The summed E-state index contributed by atoms with van der Waals surface area (Å²) >= 11 is 0. The van der Waals surface area contributed by atoms with Crippen LogP contribution in [0.25, 0.3) is 111 Å². The van der Waals surface area contributed by atoms with Crippen LogP contribution in [0.2, 0.25) is 0 Å². The number of aromatic nitrogens is 5. The molecule has 5 nitrogen and oxygen atoms in total. The number of rotatable bonds is 5. The molecule has 0 bridgehead atoms. The summed E-state index contributed by atoms with van der Waals surface area (Å²) in [7, 11) is 10.7. The Morgan fingerprint density at radius 1 is 0.171 bits per heavy atom. The van der Waals surface area contributed by atoms with Gasteiger partial charge in [0, 0.05) is 98.1 Å². The summed E-state index contributed by atoms with van der Waals surface area (Å²) in [6.45, 7) is 70.8. The molecule has 0 unspecified atom stereocenters. The zero-order valence-corrected chi connectivity index (χ0v) is 88.7. The van der Waals surface area contributed by atoms with Crippen molar-refractivity contribution >= 4 is 21.7 Å². The molecule has 5 heteroatoms. The number of para-hydroxylation sites is 1. The second kappa shape index (κ2) is 69.5. The zero-order valence-electron chi connectivity index (χ0n) is 88.7. The first-order valence-electron chi connectivity index (χ1n) is 49.6. The van der Waals surface area contributed by atoms with Gasteiger partial charge in [-0.3, -0.25) is 0 Å². The van der Waals surface area contributed by atoms with E-state index in [1.807, 2.05) is 208 Å². The lowest BCUT2D eigenvalue weighted by Crippen LogP contribution is -2.36. The van der Waals surface area contributed by atoms with E-state index in [-0.39, 0.29) is 0 Å². The summed E-state index contributed by atoms with van der Waals surface area (Å²) in [5, 5.41) is 3.84. The van der Waals surface area contributed by atoms with Crippen LogP contribution in [0.3, 0.4) is 0 Å². The predicted octanol–water partition coefficient (Wildman–Crippen LogP) is 34.8. The van der Waals surface area contributed by atoms with Gasteiger partial charge in [0.05, 0.1) is 6.42 Å². The molecule has 0 aliphatic heterocycles. The highest BCUT2D eigenvalue weighted by Crippen LogP contribution is 2.40. The van der Waals surface area contributed by atoms with E-state index >= 15 is 0 Å². The van der Waals surface area contributed by atoms with Crippen molar-refractivity contribution in [3.8, 4) is 89.7 Å². The highest BCUT2D eigenvalue weighted by atomic mass is 15.0. The van der Waals surface area contributed by atoms with Gasteiger partial charge in [0.2, 0.25) is 34.0 Å². The first-order valence-corrected chi connectivity index (χ1v) is 49.6. The van der Waals surface area contributed by atoms with E-state index in [1.54, 1.807) is 0 Å². The van der Waals surface area contributed by atoms with Gasteiger partial charge in [0.1, 0.15) is 35.2 Å². The second-order valence-electron chi connectivity index (χ2n) is 26.9. The molecule has 5 heterocycles. The molecule has 5 aromatic heterocycles. The van der Waals surface area contributed by atoms with Gasteiger partial charge in [-0.05, 0) is 173 Å². The number of hydrogen-bond acceptors (Lipinski definition) is 0. The minimum atomic E-state index is 1.03. The summed E-state index contributed by atoms with van der Waals surface area (Å²) in [6.07, 6.45) is 9.89. The van der Waals surface area contributed by atoms with E-state index in [0.717, 1.165) is 19.3 Å². The average Bonchev–Trinajstić information content (AvgIpc) is 1.62. The quantitative estimate of drug-likeness (QED) is 0.153. The van der Waals surface area contributed by atoms with Gasteiger partial charge in [0.15, 0.2) is 24.3 Å². The van der Waals surface area contributed by atoms with Crippen LogP contribution >= 0.6 is 0 Å². The van der Waals surface area contributed by atoms with Crippen LogP contribution in [-0.4, -0.2) is 0 Å². The largest absolute Gasteiger partial charge is 0.213 e. The van der Waals surface area contributed by atoms with Crippen molar-refractivity contribution in [1.82, 2.24) is 0 Å². The van der Waals surface area contributed by atoms with Crippen molar-refractivity contribution in [3.05, 3.63) is 365 Å². The van der Waals surface area contributed by atoms with E-state index in [2.05, 4.69) is 396 Å². The van der Waals surface area contributed by atoms with Gasteiger partial charge in [-0.25, -0.2) is 13.7 Å². The minimum Gasteiger partial charge on any atom is -0.201 e. The smallest absolute Gasteiger partial charge is 0.201 e. The average molecular weight is 1740 g/mol. The van der Waals surface area contributed by atoms with Crippen LogP contribution in [0.4, 0.5) is 0 Å². The maximum atomic E-state index is 2.36. The third-order valence-corrected chi connectivity index (χ3v) is 20.4. The van der Waals surface area contributed by atoms with Gasteiger partial charge in [-0.15, -0.1) is 0 Å². The third-order valence-electron chi connectivity index (χ3n) is 20.4. The minimum absolute atomic E-state index is 1.03. The fraction of sp³-hybridized carbons (Fsp3) is 0.347.